The molecule has 0 aliphatic heterocycles. The lowest BCUT2D eigenvalue weighted by atomic mass is 10.3. The van der Waals surface area contributed by atoms with E-state index in [0.717, 1.165) is 11.4 Å². The van der Waals surface area contributed by atoms with Crippen molar-refractivity contribution in [2.75, 3.05) is 14.2 Å². The predicted molar refractivity (Wildman–Crippen MR) is 89.6 cm³/mol. The maximum atomic E-state index is 12.5. The number of halogens is 2. The molecule has 25 heavy (non-hydrogen) atoms. The van der Waals surface area contributed by atoms with Crippen molar-refractivity contribution in [2.24, 2.45) is 0 Å². The topological polar surface area (TPSA) is 69.3 Å². The van der Waals surface area contributed by atoms with E-state index in [2.05, 4.69) is 19.7 Å². The van der Waals surface area contributed by atoms with E-state index in [4.69, 9.17) is 9.47 Å². The first-order valence-corrected chi connectivity index (χ1v) is 8.22. The Morgan fingerprint density at radius 2 is 2.00 bits per heavy atom. The van der Waals surface area contributed by atoms with Crippen molar-refractivity contribution < 1.29 is 23.0 Å². The number of thioether (sulfide) groups is 1. The number of benzene rings is 1. The van der Waals surface area contributed by atoms with E-state index in [1.165, 1.54) is 24.9 Å². The molecule has 1 N–H and O–H groups in total. The van der Waals surface area contributed by atoms with E-state index in [0.29, 0.717) is 21.9 Å². The van der Waals surface area contributed by atoms with Crippen LogP contribution in [0.1, 0.15) is 5.69 Å². The minimum atomic E-state index is -2.93. The number of fused-ring (bicyclic) bond motifs is 1. The molecular weight excluding hydrogens is 352 g/mol. The third-order valence-electron chi connectivity index (χ3n) is 3.34. The Labute approximate surface area is 146 Å². The van der Waals surface area contributed by atoms with Crippen LogP contribution in [0.15, 0.2) is 35.6 Å². The van der Waals surface area contributed by atoms with Crippen LogP contribution in [-0.4, -0.2) is 35.8 Å². The number of methoxy groups -OCH3 is 2. The summed E-state index contributed by atoms with van der Waals surface area (Å²) < 4.78 is 39.7. The number of nitrogens with one attached hydrogen (secondary N) is 1. The van der Waals surface area contributed by atoms with Gasteiger partial charge in [0.2, 0.25) is 0 Å². The van der Waals surface area contributed by atoms with Crippen molar-refractivity contribution >= 4 is 22.8 Å². The molecule has 0 atom stereocenters. The Morgan fingerprint density at radius 1 is 1.16 bits per heavy atom. The average Bonchev–Trinajstić information content (AvgIpc) is 3.00. The van der Waals surface area contributed by atoms with Gasteiger partial charge in [-0.1, -0.05) is 11.8 Å². The number of rotatable bonds is 7. The number of nitrogens with zero attached hydrogens (tertiary/aromatic N) is 2. The number of pyridine rings is 1. The minimum Gasteiger partial charge on any atom is -0.497 e. The van der Waals surface area contributed by atoms with Crippen LogP contribution in [0.5, 0.6) is 17.2 Å². The molecule has 0 aliphatic rings. The number of ether oxygens (including phenoxy) is 3. The maximum Gasteiger partial charge on any atom is 0.387 e. The summed E-state index contributed by atoms with van der Waals surface area (Å²) in [5, 5.41) is 0.635. The van der Waals surface area contributed by atoms with E-state index >= 15 is 0 Å². The molecule has 0 aliphatic carbocycles. The van der Waals surface area contributed by atoms with Crippen LogP contribution >= 0.6 is 11.8 Å². The molecule has 2 aromatic heterocycles. The molecule has 0 unspecified atom stereocenters. The second kappa shape index (κ2) is 7.56. The highest BCUT2D eigenvalue weighted by molar-refractivity contribution is 7.98. The van der Waals surface area contributed by atoms with Crippen LogP contribution in [0, 0.1) is 0 Å². The normalized spacial score (nSPS) is 11.1. The summed E-state index contributed by atoms with van der Waals surface area (Å²) in [5.74, 6) is 1.47. The van der Waals surface area contributed by atoms with Gasteiger partial charge < -0.3 is 19.2 Å². The van der Waals surface area contributed by atoms with Gasteiger partial charge in [0.15, 0.2) is 16.7 Å². The molecule has 1 aromatic carbocycles. The van der Waals surface area contributed by atoms with Gasteiger partial charge >= 0.3 is 6.61 Å². The first kappa shape index (κ1) is 17.3. The van der Waals surface area contributed by atoms with Gasteiger partial charge in [0.05, 0.1) is 30.9 Å². The van der Waals surface area contributed by atoms with Gasteiger partial charge in [-0.3, -0.25) is 4.98 Å². The highest BCUT2D eigenvalue weighted by atomic mass is 32.2. The Kier molecular flexibility index (Phi) is 5.22. The molecule has 3 rings (SSSR count). The minimum absolute atomic E-state index is 0.0532. The molecule has 0 spiro atoms. The molecule has 2 heterocycles. The molecule has 0 amide bonds. The fourth-order valence-corrected chi connectivity index (χ4v) is 3.00. The Hall–Kier alpha value is -2.55. The van der Waals surface area contributed by atoms with Gasteiger partial charge in [0, 0.05) is 30.1 Å². The molecule has 6 nitrogen and oxygen atoms in total. The van der Waals surface area contributed by atoms with Gasteiger partial charge in [-0.2, -0.15) is 8.78 Å². The fourth-order valence-electron chi connectivity index (χ4n) is 2.21. The van der Waals surface area contributed by atoms with Crippen LogP contribution in [-0.2, 0) is 5.75 Å². The summed E-state index contributed by atoms with van der Waals surface area (Å²) in [6.45, 7) is -2.93. The second-order valence-electron chi connectivity index (χ2n) is 4.92. The predicted octanol–water partition coefficient (Wildman–Crippen LogP) is 3.87. The van der Waals surface area contributed by atoms with Gasteiger partial charge in [-0.05, 0) is 6.07 Å². The van der Waals surface area contributed by atoms with Gasteiger partial charge in [-0.25, -0.2) is 4.98 Å². The first-order chi connectivity index (χ1) is 12.1. The van der Waals surface area contributed by atoms with E-state index in [-0.39, 0.29) is 11.5 Å². The summed E-state index contributed by atoms with van der Waals surface area (Å²) in [4.78, 5) is 11.8. The summed E-state index contributed by atoms with van der Waals surface area (Å²) in [7, 11) is 2.98. The molecule has 0 radical (unpaired) electrons. The van der Waals surface area contributed by atoms with Crippen molar-refractivity contribution in [1.29, 1.82) is 0 Å². The van der Waals surface area contributed by atoms with E-state index in [1.54, 1.807) is 25.4 Å². The molecule has 0 saturated carbocycles. The number of aromatic nitrogens is 3. The number of aromatic amines is 1. The standard InChI is InChI=1S/C16H15F2N3O3S/c1-22-10-3-4-19-9(5-10)8-25-16-20-11-6-13(23-2)14(24-15(17)18)7-12(11)21-16/h3-7,15H,8H2,1-2H3,(H,20,21). The Morgan fingerprint density at radius 3 is 2.72 bits per heavy atom. The van der Waals surface area contributed by atoms with Crippen molar-refractivity contribution in [3.05, 3.63) is 36.2 Å². The lowest BCUT2D eigenvalue weighted by Crippen LogP contribution is -2.03. The molecule has 132 valence electrons. The van der Waals surface area contributed by atoms with E-state index < -0.39 is 6.61 Å². The smallest absolute Gasteiger partial charge is 0.387 e. The van der Waals surface area contributed by atoms with Gasteiger partial charge in [0.1, 0.15) is 5.75 Å². The number of hydrogen-bond acceptors (Lipinski definition) is 6. The number of H-pyrrole nitrogens is 1. The molecule has 3 aromatic rings. The van der Waals surface area contributed by atoms with E-state index in [1.807, 2.05) is 6.07 Å². The summed E-state index contributed by atoms with van der Waals surface area (Å²) in [6, 6.07) is 6.61. The molecule has 9 heteroatoms. The van der Waals surface area contributed by atoms with Crippen molar-refractivity contribution in [2.45, 2.75) is 17.5 Å². The number of hydrogen-bond donors (Lipinski definition) is 1. The zero-order chi connectivity index (χ0) is 17.8. The highest BCUT2D eigenvalue weighted by Gasteiger charge is 2.14. The number of alkyl halides is 2. The van der Waals surface area contributed by atoms with Gasteiger partial charge in [-0.15, -0.1) is 0 Å². The van der Waals surface area contributed by atoms with E-state index in [9.17, 15) is 8.78 Å². The highest BCUT2D eigenvalue weighted by Crippen LogP contribution is 2.34. The van der Waals surface area contributed by atoms with Crippen LogP contribution in [0.2, 0.25) is 0 Å². The SMILES string of the molecule is COc1ccnc(CSc2nc3cc(OC(F)F)c(OC)cc3[nH]2)c1. The van der Waals surface area contributed by atoms with Crippen molar-refractivity contribution in [3.63, 3.8) is 0 Å². The second-order valence-corrected chi connectivity index (χ2v) is 5.88. The first-order valence-electron chi connectivity index (χ1n) is 7.23. The average molecular weight is 367 g/mol. The lowest BCUT2D eigenvalue weighted by molar-refractivity contribution is -0.0511. The van der Waals surface area contributed by atoms with Crippen molar-refractivity contribution in [1.82, 2.24) is 15.0 Å². The molecule has 0 saturated heterocycles. The zero-order valence-corrected chi connectivity index (χ0v) is 14.3. The molecular formula is C16H15F2N3O3S. The summed E-state index contributed by atoms with van der Waals surface area (Å²) >= 11 is 1.44. The molecule has 0 fully saturated rings. The van der Waals surface area contributed by atoms with Crippen LogP contribution in [0.25, 0.3) is 11.0 Å². The van der Waals surface area contributed by atoms with Gasteiger partial charge in [0.25, 0.3) is 0 Å². The zero-order valence-electron chi connectivity index (χ0n) is 13.5. The van der Waals surface area contributed by atoms with Crippen LogP contribution in [0.3, 0.4) is 0 Å². The summed E-state index contributed by atoms with van der Waals surface area (Å²) in [6.07, 6.45) is 1.67. The van der Waals surface area contributed by atoms with Crippen LogP contribution < -0.4 is 14.2 Å². The third kappa shape index (κ3) is 4.11. The quantitative estimate of drug-likeness (QED) is 0.640. The molecule has 0 bridgehead atoms. The van der Waals surface area contributed by atoms with Crippen molar-refractivity contribution in [3.8, 4) is 17.2 Å². The largest absolute Gasteiger partial charge is 0.497 e. The maximum absolute atomic E-state index is 12.5. The lowest BCUT2D eigenvalue weighted by Gasteiger charge is -2.09. The van der Waals surface area contributed by atoms with Crippen LogP contribution in [0.4, 0.5) is 8.78 Å². The fraction of sp³-hybridized carbons (Fsp3) is 0.250. The Bertz CT molecular complexity index is 873. The number of imidazole rings is 1. The summed E-state index contributed by atoms with van der Waals surface area (Å²) in [5.41, 5.74) is 2.02. The Balaban J connectivity index is 1.80. The third-order valence-corrected chi connectivity index (χ3v) is 4.25. The monoisotopic (exact) mass is 367 g/mol.